The molecule has 4 rings (SSSR count). The highest BCUT2D eigenvalue weighted by Crippen LogP contribution is 2.28. The lowest BCUT2D eigenvalue weighted by Crippen LogP contribution is -2.24. The standard InChI is InChI=1S/C22H24N2O2/c25-21-12-5-13-24(21)15-16-6-3-9-18(14-16)22(26)23-20-11-4-8-17-7-1-2-10-19(17)20/h3-4,6,8-9,11,14H,1-2,5,7,10,12-13,15H2,(H,23,26). The van der Waals surface area contributed by atoms with Crippen LogP contribution in [0.4, 0.5) is 5.69 Å². The molecule has 26 heavy (non-hydrogen) atoms. The molecule has 134 valence electrons. The molecule has 0 aromatic heterocycles. The van der Waals surface area contributed by atoms with Gasteiger partial charge in [0.05, 0.1) is 0 Å². The molecule has 2 aromatic carbocycles. The van der Waals surface area contributed by atoms with Crippen molar-refractivity contribution in [1.29, 1.82) is 0 Å². The molecule has 1 fully saturated rings. The van der Waals surface area contributed by atoms with Gasteiger partial charge in [0.2, 0.25) is 5.91 Å². The Hall–Kier alpha value is -2.62. The first-order valence-electron chi connectivity index (χ1n) is 9.49. The number of amides is 2. The van der Waals surface area contributed by atoms with E-state index in [2.05, 4.69) is 11.4 Å². The van der Waals surface area contributed by atoms with E-state index in [4.69, 9.17) is 0 Å². The number of fused-ring (bicyclic) bond motifs is 1. The van der Waals surface area contributed by atoms with Crippen molar-refractivity contribution in [2.75, 3.05) is 11.9 Å². The topological polar surface area (TPSA) is 49.4 Å². The molecule has 2 aliphatic rings. The van der Waals surface area contributed by atoms with E-state index in [9.17, 15) is 9.59 Å². The Labute approximate surface area is 154 Å². The van der Waals surface area contributed by atoms with E-state index in [0.29, 0.717) is 18.5 Å². The van der Waals surface area contributed by atoms with Gasteiger partial charge >= 0.3 is 0 Å². The minimum atomic E-state index is -0.0847. The van der Waals surface area contributed by atoms with Crippen LogP contribution in [-0.2, 0) is 24.2 Å². The highest BCUT2D eigenvalue weighted by molar-refractivity contribution is 6.04. The van der Waals surface area contributed by atoms with Crippen molar-refractivity contribution >= 4 is 17.5 Å². The molecule has 2 amide bonds. The lowest BCUT2D eigenvalue weighted by Gasteiger charge is -2.20. The highest BCUT2D eigenvalue weighted by Gasteiger charge is 2.20. The minimum absolute atomic E-state index is 0.0847. The lowest BCUT2D eigenvalue weighted by molar-refractivity contribution is -0.128. The zero-order valence-electron chi connectivity index (χ0n) is 15.0. The van der Waals surface area contributed by atoms with E-state index in [1.165, 1.54) is 24.0 Å². The third-order valence-electron chi connectivity index (χ3n) is 5.38. The van der Waals surface area contributed by atoms with Gasteiger partial charge in [-0.1, -0.05) is 24.3 Å². The summed E-state index contributed by atoms with van der Waals surface area (Å²) in [5, 5.41) is 3.10. The Kier molecular flexibility index (Phi) is 4.74. The van der Waals surface area contributed by atoms with Gasteiger partial charge in [0.1, 0.15) is 0 Å². The molecule has 4 nitrogen and oxygen atoms in total. The van der Waals surface area contributed by atoms with Crippen LogP contribution in [0.1, 0.15) is 52.7 Å². The summed E-state index contributed by atoms with van der Waals surface area (Å²) in [5.74, 6) is 0.120. The van der Waals surface area contributed by atoms with Crippen LogP contribution in [0.25, 0.3) is 0 Å². The molecule has 0 saturated carbocycles. The van der Waals surface area contributed by atoms with Crippen molar-refractivity contribution in [2.45, 2.75) is 45.1 Å². The molecular weight excluding hydrogens is 324 g/mol. The van der Waals surface area contributed by atoms with Crippen LogP contribution in [-0.4, -0.2) is 23.3 Å². The predicted molar refractivity (Wildman–Crippen MR) is 102 cm³/mol. The van der Waals surface area contributed by atoms with E-state index in [1.54, 1.807) is 0 Å². The summed E-state index contributed by atoms with van der Waals surface area (Å²) in [6.07, 6.45) is 6.10. The molecule has 0 unspecified atom stereocenters. The Morgan fingerprint density at radius 2 is 1.85 bits per heavy atom. The second-order valence-electron chi connectivity index (χ2n) is 7.22. The molecule has 0 bridgehead atoms. The third-order valence-corrected chi connectivity index (χ3v) is 5.38. The summed E-state index contributed by atoms with van der Waals surface area (Å²) < 4.78 is 0. The fourth-order valence-corrected chi connectivity index (χ4v) is 4.00. The first kappa shape index (κ1) is 16.8. The van der Waals surface area contributed by atoms with Gasteiger partial charge < -0.3 is 10.2 Å². The van der Waals surface area contributed by atoms with E-state index in [1.807, 2.05) is 41.3 Å². The van der Waals surface area contributed by atoms with Gasteiger partial charge in [0, 0.05) is 30.8 Å². The smallest absolute Gasteiger partial charge is 0.255 e. The molecule has 4 heteroatoms. The zero-order valence-corrected chi connectivity index (χ0v) is 15.0. The number of carbonyl (C=O) groups is 2. The van der Waals surface area contributed by atoms with Crippen LogP contribution in [0, 0.1) is 0 Å². The maximum absolute atomic E-state index is 12.8. The number of rotatable bonds is 4. The second-order valence-corrected chi connectivity index (χ2v) is 7.22. The summed E-state index contributed by atoms with van der Waals surface area (Å²) in [7, 11) is 0. The Bertz CT molecular complexity index is 844. The van der Waals surface area contributed by atoms with Crippen molar-refractivity contribution in [1.82, 2.24) is 4.90 Å². The van der Waals surface area contributed by atoms with Gasteiger partial charge in [-0.15, -0.1) is 0 Å². The van der Waals surface area contributed by atoms with Gasteiger partial charge in [0.25, 0.3) is 5.91 Å². The van der Waals surface area contributed by atoms with Crippen molar-refractivity contribution < 1.29 is 9.59 Å². The van der Waals surface area contributed by atoms with E-state index in [-0.39, 0.29) is 11.8 Å². The van der Waals surface area contributed by atoms with Gasteiger partial charge in [0.15, 0.2) is 0 Å². The molecule has 1 aliphatic heterocycles. The number of likely N-dealkylation sites (tertiary alicyclic amines) is 1. The number of hydrogen-bond acceptors (Lipinski definition) is 2. The monoisotopic (exact) mass is 348 g/mol. The maximum atomic E-state index is 12.8. The van der Waals surface area contributed by atoms with Crippen LogP contribution in [0.2, 0.25) is 0 Å². The number of aryl methyl sites for hydroxylation is 1. The molecule has 1 N–H and O–H groups in total. The summed E-state index contributed by atoms with van der Waals surface area (Å²) >= 11 is 0. The number of nitrogens with one attached hydrogen (secondary N) is 1. The average Bonchev–Trinajstić information content (AvgIpc) is 3.07. The third kappa shape index (κ3) is 3.50. The summed E-state index contributed by atoms with van der Waals surface area (Å²) in [5.41, 5.74) is 5.22. The molecule has 2 aromatic rings. The molecule has 1 heterocycles. The number of hydrogen-bond donors (Lipinski definition) is 1. The summed E-state index contributed by atoms with van der Waals surface area (Å²) in [4.78, 5) is 26.4. The van der Waals surface area contributed by atoms with Crippen molar-refractivity contribution in [3.63, 3.8) is 0 Å². The van der Waals surface area contributed by atoms with Gasteiger partial charge in [-0.25, -0.2) is 0 Å². The van der Waals surface area contributed by atoms with Crippen LogP contribution in [0.15, 0.2) is 42.5 Å². The predicted octanol–water partition coefficient (Wildman–Crippen LogP) is 3.94. The fourth-order valence-electron chi connectivity index (χ4n) is 4.00. The Balaban J connectivity index is 1.50. The average molecular weight is 348 g/mol. The maximum Gasteiger partial charge on any atom is 0.255 e. The van der Waals surface area contributed by atoms with Crippen molar-refractivity contribution in [3.8, 4) is 0 Å². The van der Waals surface area contributed by atoms with Gasteiger partial charge in [-0.2, -0.15) is 0 Å². The normalized spacial score (nSPS) is 16.5. The lowest BCUT2D eigenvalue weighted by atomic mass is 9.90. The first-order chi connectivity index (χ1) is 12.7. The van der Waals surface area contributed by atoms with E-state index < -0.39 is 0 Å². The first-order valence-corrected chi connectivity index (χ1v) is 9.49. The fraction of sp³-hybridized carbons (Fsp3) is 0.364. The highest BCUT2D eigenvalue weighted by atomic mass is 16.2. The van der Waals surface area contributed by atoms with E-state index in [0.717, 1.165) is 37.1 Å². The van der Waals surface area contributed by atoms with Gasteiger partial charge in [-0.05, 0) is 67.0 Å². The summed E-state index contributed by atoms with van der Waals surface area (Å²) in [6, 6.07) is 13.8. The molecule has 0 spiro atoms. The molecule has 1 aliphatic carbocycles. The number of carbonyl (C=O) groups excluding carboxylic acids is 2. The van der Waals surface area contributed by atoms with Crippen LogP contribution in [0.3, 0.4) is 0 Å². The number of nitrogens with zero attached hydrogens (tertiary/aromatic N) is 1. The largest absolute Gasteiger partial charge is 0.338 e. The molecule has 0 atom stereocenters. The molecule has 0 radical (unpaired) electrons. The molecular formula is C22H24N2O2. The number of anilines is 1. The van der Waals surface area contributed by atoms with Crippen LogP contribution >= 0.6 is 0 Å². The van der Waals surface area contributed by atoms with Crippen molar-refractivity contribution in [2.24, 2.45) is 0 Å². The summed E-state index contributed by atoms with van der Waals surface area (Å²) in [6.45, 7) is 1.39. The molecule has 1 saturated heterocycles. The Morgan fingerprint density at radius 3 is 2.69 bits per heavy atom. The quantitative estimate of drug-likeness (QED) is 0.910. The van der Waals surface area contributed by atoms with Crippen LogP contribution < -0.4 is 5.32 Å². The minimum Gasteiger partial charge on any atom is -0.338 e. The SMILES string of the molecule is O=C(Nc1cccc2c1CCCC2)c1cccc(CN2CCCC2=O)c1. The Morgan fingerprint density at radius 1 is 1.00 bits per heavy atom. The zero-order chi connectivity index (χ0) is 17.9. The second kappa shape index (κ2) is 7.32. The van der Waals surface area contributed by atoms with Crippen LogP contribution in [0.5, 0.6) is 0 Å². The number of benzene rings is 2. The van der Waals surface area contributed by atoms with Gasteiger partial charge in [-0.3, -0.25) is 9.59 Å². The van der Waals surface area contributed by atoms with Crippen molar-refractivity contribution in [3.05, 3.63) is 64.7 Å². The van der Waals surface area contributed by atoms with E-state index >= 15 is 0 Å².